The molecule has 0 bridgehead atoms. The van der Waals surface area contributed by atoms with Crippen molar-refractivity contribution in [2.75, 3.05) is 0 Å². The Labute approximate surface area is 94.6 Å². The van der Waals surface area contributed by atoms with E-state index >= 15 is 0 Å². The zero-order valence-electron chi connectivity index (χ0n) is 9.68. The van der Waals surface area contributed by atoms with Crippen LogP contribution in [-0.4, -0.2) is 19.9 Å². The van der Waals surface area contributed by atoms with Gasteiger partial charge in [-0.15, -0.1) is 10.2 Å². The van der Waals surface area contributed by atoms with Crippen LogP contribution in [0.5, 0.6) is 5.75 Å². The molecule has 0 aliphatic heterocycles. The third-order valence-corrected chi connectivity index (χ3v) is 2.47. The Morgan fingerprint density at radius 3 is 2.31 bits per heavy atom. The van der Waals surface area contributed by atoms with Gasteiger partial charge in [-0.25, -0.2) is 0 Å². The summed E-state index contributed by atoms with van der Waals surface area (Å²) in [6.45, 7) is 6.09. The number of hydrogen-bond acceptors (Lipinski definition) is 3. The van der Waals surface area contributed by atoms with Gasteiger partial charge in [0.1, 0.15) is 17.4 Å². The predicted molar refractivity (Wildman–Crippen MR) is 61.8 cm³/mol. The number of aryl methyl sites for hydroxylation is 1. The van der Waals surface area contributed by atoms with E-state index in [1.54, 1.807) is 12.1 Å². The minimum atomic E-state index is 0.264. The third-order valence-electron chi connectivity index (χ3n) is 2.47. The van der Waals surface area contributed by atoms with Gasteiger partial charge < -0.3 is 5.11 Å². The van der Waals surface area contributed by atoms with Crippen LogP contribution in [0.15, 0.2) is 24.3 Å². The van der Waals surface area contributed by atoms with Crippen molar-refractivity contribution in [2.45, 2.75) is 26.7 Å². The normalized spacial score (nSPS) is 11.0. The topological polar surface area (TPSA) is 50.9 Å². The fourth-order valence-electron chi connectivity index (χ4n) is 1.67. The lowest BCUT2D eigenvalue weighted by Gasteiger charge is -2.10. The lowest BCUT2D eigenvalue weighted by atomic mass is 10.2. The van der Waals surface area contributed by atoms with E-state index < -0.39 is 0 Å². The van der Waals surface area contributed by atoms with Crippen LogP contribution in [0.2, 0.25) is 0 Å². The summed E-state index contributed by atoms with van der Waals surface area (Å²) >= 11 is 0. The number of phenolic OH excluding ortho intramolecular Hbond substituents is 1. The summed E-state index contributed by atoms with van der Waals surface area (Å²) in [4.78, 5) is 0. The van der Waals surface area contributed by atoms with Crippen molar-refractivity contribution in [3.63, 3.8) is 0 Å². The largest absolute Gasteiger partial charge is 0.508 e. The highest BCUT2D eigenvalue weighted by atomic mass is 16.3. The number of benzene rings is 1. The SMILES string of the molecule is Cc1nnc(C(C)C)n1-c1ccc(O)cc1. The van der Waals surface area contributed by atoms with E-state index in [2.05, 4.69) is 24.0 Å². The number of phenols is 1. The average molecular weight is 217 g/mol. The second kappa shape index (κ2) is 3.96. The fourth-order valence-corrected chi connectivity index (χ4v) is 1.67. The first-order valence-electron chi connectivity index (χ1n) is 5.31. The van der Waals surface area contributed by atoms with Gasteiger partial charge in [-0.05, 0) is 31.2 Å². The van der Waals surface area contributed by atoms with Crippen molar-refractivity contribution in [1.82, 2.24) is 14.8 Å². The Balaban J connectivity index is 2.54. The van der Waals surface area contributed by atoms with Gasteiger partial charge in [-0.1, -0.05) is 13.8 Å². The lowest BCUT2D eigenvalue weighted by molar-refractivity contribution is 0.475. The number of aromatic nitrogens is 3. The maximum Gasteiger partial charge on any atom is 0.140 e. The maximum atomic E-state index is 9.26. The second-order valence-corrected chi connectivity index (χ2v) is 4.11. The molecule has 4 nitrogen and oxygen atoms in total. The second-order valence-electron chi connectivity index (χ2n) is 4.11. The minimum absolute atomic E-state index is 0.264. The first-order valence-corrected chi connectivity index (χ1v) is 5.31. The Bertz CT molecular complexity index is 485. The van der Waals surface area contributed by atoms with E-state index in [0.29, 0.717) is 5.92 Å². The van der Waals surface area contributed by atoms with Gasteiger partial charge in [0.2, 0.25) is 0 Å². The zero-order valence-corrected chi connectivity index (χ0v) is 9.68. The van der Waals surface area contributed by atoms with Crippen molar-refractivity contribution in [3.05, 3.63) is 35.9 Å². The number of hydrogen-bond donors (Lipinski definition) is 1. The molecule has 0 aliphatic carbocycles. The fraction of sp³-hybridized carbons (Fsp3) is 0.333. The number of rotatable bonds is 2. The van der Waals surface area contributed by atoms with Crippen LogP contribution in [0.1, 0.15) is 31.4 Å². The van der Waals surface area contributed by atoms with Crippen LogP contribution in [0.3, 0.4) is 0 Å². The Morgan fingerprint density at radius 1 is 1.12 bits per heavy atom. The summed E-state index contributed by atoms with van der Waals surface area (Å²) in [6.07, 6.45) is 0. The molecular weight excluding hydrogens is 202 g/mol. The molecule has 84 valence electrons. The van der Waals surface area contributed by atoms with E-state index in [-0.39, 0.29) is 5.75 Å². The molecular formula is C12H15N3O. The molecule has 16 heavy (non-hydrogen) atoms. The van der Waals surface area contributed by atoms with E-state index in [4.69, 9.17) is 0 Å². The third kappa shape index (κ3) is 1.78. The molecule has 0 fully saturated rings. The van der Waals surface area contributed by atoms with Crippen LogP contribution < -0.4 is 0 Å². The number of nitrogens with zero attached hydrogens (tertiary/aromatic N) is 3. The molecule has 0 radical (unpaired) electrons. The smallest absolute Gasteiger partial charge is 0.140 e. The first-order chi connectivity index (χ1) is 7.59. The Hall–Kier alpha value is -1.84. The lowest BCUT2D eigenvalue weighted by Crippen LogP contribution is -2.04. The van der Waals surface area contributed by atoms with Gasteiger partial charge in [-0.2, -0.15) is 0 Å². The molecule has 1 aromatic carbocycles. The van der Waals surface area contributed by atoms with Gasteiger partial charge in [0.25, 0.3) is 0 Å². The molecule has 4 heteroatoms. The molecule has 1 N–H and O–H groups in total. The van der Waals surface area contributed by atoms with Crippen molar-refractivity contribution in [1.29, 1.82) is 0 Å². The highest BCUT2D eigenvalue weighted by molar-refractivity contribution is 5.38. The summed E-state index contributed by atoms with van der Waals surface area (Å²) in [5, 5.41) is 17.5. The molecule has 0 aliphatic rings. The quantitative estimate of drug-likeness (QED) is 0.840. The zero-order chi connectivity index (χ0) is 11.7. The summed E-state index contributed by atoms with van der Waals surface area (Å²) in [6, 6.07) is 7.05. The molecule has 2 rings (SSSR count). The molecule has 0 amide bonds. The highest BCUT2D eigenvalue weighted by Crippen LogP contribution is 2.20. The average Bonchev–Trinajstić information content (AvgIpc) is 2.62. The molecule has 0 atom stereocenters. The van der Waals surface area contributed by atoms with Gasteiger partial charge >= 0.3 is 0 Å². The van der Waals surface area contributed by atoms with Crippen molar-refractivity contribution in [2.24, 2.45) is 0 Å². The van der Waals surface area contributed by atoms with Crippen molar-refractivity contribution >= 4 is 0 Å². The standard InChI is InChI=1S/C12H15N3O/c1-8(2)12-14-13-9(3)15(12)10-4-6-11(16)7-5-10/h4-8,16H,1-3H3. The summed E-state index contributed by atoms with van der Waals surface area (Å²) in [5.74, 6) is 2.37. The summed E-state index contributed by atoms with van der Waals surface area (Å²) in [7, 11) is 0. The van der Waals surface area contributed by atoms with Gasteiger partial charge in [0, 0.05) is 11.6 Å². The maximum absolute atomic E-state index is 9.26. The molecule has 0 saturated carbocycles. The predicted octanol–water partition coefficient (Wildman–Crippen LogP) is 2.40. The monoisotopic (exact) mass is 217 g/mol. The van der Waals surface area contributed by atoms with Gasteiger partial charge in [-0.3, -0.25) is 4.57 Å². The van der Waals surface area contributed by atoms with E-state index in [0.717, 1.165) is 17.3 Å². The van der Waals surface area contributed by atoms with Crippen molar-refractivity contribution < 1.29 is 5.11 Å². The van der Waals surface area contributed by atoms with Crippen LogP contribution in [0, 0.1) is 6.92 Å². The first kappa shape index (κ1) is 10.7. The molecule has 0 saturated heterocycles. The Morgan fingerprint density at radius 2 is 1.75 bits per heavy atom. The van der Waals surface area contributed by atoms with Crippen LogP contribution in [-0.2, 0) is 0 Å². The highest BCUT2D eigenvalue weighted by Gasteiger charge is 2.13. The van der Waals surface area contributed by atoms with E-state index in [1.807, 2.05) is 23.6 Å². The number of aromatic hydroxyl groups is 1. The van der Waals surface area contributed by atoms with E-state index in [1.165, 1.54) is 0 Å². The van der Waals surface area contributed by atoms with Crippen LogP contribution in [0.4, 0.5) is 0 Å². The van der Waals surface area contributed by atoms with Gasteiger partial charge in [0.05, 0.1) is 0 Å². The molecule has 0 unspecified atom stereocenters. The van der Waals surface area contributed by atoms with Gasteiger partial charge in [0.15, 0.2) is 0 Å². The Kier molecular flexibility index (Phi) is 2.64. The van der Waals surface area contributed by atoms with Crippen LogP contribution in [0.25, 0.3) is 5.69 Å². The molecule has 1 heterocycles. The summed E-state index contributed by atoms with van der Waals surface area (Å²) < 4.78 is 2.00. The molecule has 0 spiro atoms. The van der Waals surface area contributed by atoms with E-state index in [9.17, 15) is 5.11 Å². The molecule has 2 aromatic rings. The molecule has 1 aromatic heterocycles. The summed E-state index contributed by atoms with van der Waals surface area (Å²) in [5.41, 5.74) is 0.976. The minimum Gasteiger partial charge on any atom is -0.508 e. The van der Waals surface area contributed by atoms with Crippen molar-refractivity contribution in [3.8, 4) is 11.4 Å². The van der Waals surface area contributed by atoms with Crippen LogP contribution >= 0.6 is 0 Å².